The Morgan fingerprint density at radius 2 is 2.21 bits per heavy atom. The maximum atomic E-state index is 12.1. The predicted molar refractivity (Wildman–Crippen MR) is 82.9 cm³/mol. The second-order valence-electron chi connectivity index (χ2n) is 4.49. The molecule has 0 spiro atoms. The highest BCUT2D eigenvalue weighted by atomic mass is 79.9. The summed E-state index contributed by atoms with van der Waals surface area (Å²) < 4.78 is 0.844. The number of carbonyl (C=O) groups excluding carboxylic acids is 2. The van der Waals surface area contributed by atoms with Gasteiger partial charge in [0.2, 0.25) is 5.91 Å². The number of anilines is 1. The quantitative estimate of drug-likeness (QED) is 0.803. The standard InChI is InChI=1S/C13H13BrClNO2S/c1-7-3-10(14)12(5-11(7)15)16-6-9(4-13(16)18)19-8(2)17/h3,5,9H,4,6H2,1-2H3. The van der Waals surface area contributed by atoms with Crippen LogP contribution < -0.4 is 4.90 Å². The molecule has 1 unspecified atom stereocenters. The Balaban J connectivity index is 2.25. The van der Waals surface area contributed by atoms with Gasteiger partial charge >= 0.3 is 0 Å². The summed E-state index contributed by atoms with van der Waals surface area (Å²) in [6.45, 7) is 3.98. The molecular formula is C13H13BrClNO2S. The Kier molecular flexibility index (Phi) is 4.58. The predicted octanol–water partition coefficient (Wildman–Crippen LogP) is 3.80. The van der Waals surface area contributed by atoms with Gasteiger partial charge in [-0.25, -0.2) is 0 Å². The SMILES string of the molecule is CC(=O)SC1CC(=O)N(c2cc(Cl)c(C)cc2Br)C1. The fraction of sp³-hybridized carbons (Fsp3) is 0.385. The van der Waals surface area contributed by atoms with Crippen LogP contribution in [-0.2, 0) is 9.59 Å². The lowest BCUT2D eigenvalue weighted by Crippen LogP contribution is -2.25. The monoisotopic (exact) mass is 361 g/mol. The van der Waals surface area contributed by atoms with Crippen LogP contribution in [0.1, 0.15) is 18.9 Å². The van der Waals surface area contributed by atoms with E-state index in [-0.39, 0.29) is 16.3 Å². The number of amides is 1. The lowest BCUT2D eigenvalue weighted by molar-refractivity contribution is -0.117. The molecule has 1 aromatic rings. The molecular weight excluding hydrogens is 350 g/mol. The highest BCUT2D eigenvalue weighted by molar-refractivity contribution is 9.10. The average Bonchev–Trinajstić information content (AvgIpc) is 2.63. The van der Waals surface area contributed by atoms with E-state index in [9.17, 15) is 9.59 Å². The summed E-state index contributed by atoms with van der Waals surface area (Å²) in [5.41, 5.74) is 1.73. The molecule has 1 aliphatic rings. The zero-order valence-electron chi connectivity index (χ0n) is 10.6. The maximum absolute atomic E-state index is 12.1. The summed E-state index contributed by atoms with van der Waals surface area (Å²) in [6.07, 6.45) is 0.391. The van der Waals surface area contributed by atoms with Gasteiger partial charge in [-0.05, 0) is 40.5 Å². The highest BCUT2D eigenvalue weighted by Gasteiger charge is 2.33. The summed E-state index contributed by atoms with van der Waals surface area (Å²) >= 11 is 10.8. The second kappa shape index (κ2) is 5.85. The number of halogens is 2. The molecule has 1 heterocycles. The van der Waals surface area contributed by atoms with Crippen molar-refractivity contribution in [2.75, 3.05) is 11.4 Å². The molecule has 1 aromatic carbocycles. The second-order valence-corrected chi connectivity index (χ2v) is 7.23. The van der Waals surface area contributed by atoms with E-state index in [0.717, 1.165) is 15.7 Å². The molecule has 0 aliphatic carbocycles. The largest absolute Gasteiger partial charge is 0.310 e. The van der Waals surface area contributed by atoms with Crippen LogP contribution in [0.25, 0.3) is 0 Å². The van der Waals surface area contributed by atoms with Crippen LogP contribution >= 0.6 is 39.3 Å². The molecule has 1 fully saturated rings. The van der Waals surface area contributed by atoms with Crippen LogP contribution in [0, 0.1) is 6.92 Å². The summed E-state index contributed by atoms with van der Waals surface area (Å²) in [5, 5.41) is 0.700. The van der Waals surface area contributed by atoms with Crippen LogP contribution in [-0.4, -0.2) is 22.8 Å². The van der Waals surface area contributed by atoms with E-state index in [1.807, 2.05) is 13.0 Å². The lowest BCUT2D eigenvalue weighted by Gasteiger charge is -2.19. The molecule has 19 heavy (non-hydrogen) atoms. The van der Waals surface area contributed by atoms with Gasteiger partial charge in [0.25, 0.3) is 0 Å². The molecule has 6 heteroatoms. The first-order chi connectivity index (χ1) is 8.88. The van der Waals surface area contributed by atoms with Gasteiger partial charge < -0.3 is 4.90 Å². The van der Waals surface area contributed by atoms with Crippen LogP contribution in [0.15, 0.2) is 16.6 Å². The van der Waals surface area contributed by atoms with Crippen LogP contribution in [0.3, 0.4) is 0 Å². The third-order valence-electron chi connectivity index (χ3n) is 2.94. The molecule has 1 atom stereocenters. The van der Waals surface area contributed by atoms with Gasteiger partial charge in [0.05, 0.1) is 5.69 Å². The third kappa shape index (κ3) is 3.33. The van der Waals surface area contributed by atoms with Gasteiger partial charge in [-0.1, -0.05) is 23.4 Å². The number of aryl methyl sites for hydroxylation is 1. The summed E-state index contributed by atoms with van der Waals surface area (Å²) in [7, 11) is 0. The topological polar surface area (TPSA) is 37.4 Å². The molecule has 1 saturated heterocycles. The first-order valence-electron chi connectivity index (χ1n) is 5.81. The molecule has 102 valence electrons. The number of hydrogen-bond acceptors (Lipinski definition) is 3. The Labute approximate surface area is 129 Å². The highest BCUT2D eigenvalue weighted by Crippen LogP contribution is 2.36. The fourth-order valence-corrected chi connectivity index (χ4v) is 3.81. The van der Waals surface area contributed by atoms with Crippen LogP contribution in [0.2, 0.25) is 5.02 Å². The Morgan fingerprint density at radius 3 is 2.84 bits per heavy atom. The van der Waals surface area contributed by atoms with Gasteiger partial charge in [0.15, 0.2) is 5.12 Å². The number of nitrogens with zero attached hydrogens (tertiary/aromatic N) is 1. The zero-order chi connectivity index (χ0) is 14.2. The van der Waals surface area contributed by atoms with E-state index in [1.165, 1.54) is 18.7 Å². The number of carbonyl (C=O) groups is 2. The number of hydrogen-bond donors (Lipinski definition) is 0. The minimum absolute atomic E-state index is 0.0250. The average molecular weight is 363 g/mol. The molecule has 0 aromatic heterocycles. The van der Waals surface area contributed by atoms with Crippen molar-refractivity contribution in [2.24, 2.45) is 0 Å². The van der Waals surface area contributed by atoms with Crippen molar-refractivity contribution in [3.63, 3.8) is 0 Å². The number of thioether (sulfide) groups is 1. The molecule has 2 rings (SSSR count). The molecule has 3 nitrogen and oxygen atoms in total. The molecule has 0 saturated carbocycles. The maximum Gasteiger partial charge on any atom is 0.228 e. The molecule has 0 bridgehead atoms. The first kappa shape index (κ1) is 14.9. The van der Waals surface area contributed by atoms with Crippen molar-refractivity contribution in [3.05, 3.63) is 27.2 Å². The van der Waals surface area contributed by atoms with E-state index in [2.05, 4.69) is 15.9 Å². The Hall–Kier alpha value is -0.520. The van der Waals surface area contributed by atoms with Crippen molar-refractivity contribution in [2.45, 2.75) is 25.5 Å². The number of rotatable bonds is 2. The van der Waals surface area contributed by atoms with Gasteiger partial charge in [-0.2, -0.15) is 0 Å². The van der Waals surface area contributed by atoms with E-state index < -0.39 is 0 Å². The molecule has 1 aliphatic heterocycles. The summed E-state index contributed by atoms with van der Waals surface area (Å²) in [4.78, 5) is 24.9. The van der Waals surface area contributed by atoms with Gasteiger partial charge in [0, 0.05) is 34.6 Å². The van der Waals surface area contributed by atoms with Gasteiger partial charge in [-0.3, -0.25) is 9.59 Å². The summed E-state index contributed by atoms with van der Waals surface area (Å²) in [5.74, 6) is 0.0272. The number of benzene rings is 1. The fourth-order valence-electron chi connectivity index (χ4n) is 2.06. The normalized spacial score (nSPS) is 19.1. The Morgan fingerprint density at radius 1 is 1.53 bits per heavy atom. The smallest absolute Gasteiger partial charge is 0.228 e. The van der Waals surface area contributed by atoms with E-state index in [4.69, 9.17) is 11.6 Å². The molecule has 0 N–H and O–H groups in total. The van der Waals surface area contributed by atoms with Crippen molar-refractivity contribution < 1.29 is 9.59 Å². The Bertz CT molecular complexity index is 550. The van der Waals surface area contributed by atoms with Crippen LogP contribution in [0.4, 0.5) is 5.69 Å². The van der Waals surface area contributed by atoms with Gasteiger partial charge in [0.1, 0.15) is 0 Å². The first-order valence-corrected chi connectivity index (χ1v) is 7.86. The van der Waals surface area contributed by atoms with Crippen molar-refractivity contribution in [1.82, 2.24) is 0 Å². The third-order valence-corrected chi connectivity index (χ3v) is 4.96. The van der Waals surface area contributed by atoms with Crippen LogP contribution in [0.5, 0.6) is 0 Å². The summed E-state index contributed by atoms with van der Waals surface area (Å²) in [6, 6.07) is 3.69. The van der Waals surface area contributed by atoms with Crippen molar-refractivity contribution in [3.8, 4) is 0 Å². The molecule has 1 amide bonds. The minimum atomic E-state index is 0.0250. The minimum Gasteiger partial charge on any atom is -0.310 e. The van der Waals surface area contributed by atoms with Crippen molar-refractivity contribution >= 4 is 56.0 Å². The van der Waals surface area contributed by atoms with E-state index >= 15 is 0 Å². The molecule has 0 radical (unpaired) electrons. The van der Waals surface area contributed by atoms with Gasteiger partial charge in [-0.15, -0.1) is 0 Å². The van der Waals surface area contributed by atoms with Crippen molar-refractivity contribution in [1.29, 1.82) is 0 Å². The van der Waals surface area contributed by atoms with E-state index in [1.54, 1.807) is 11.0 Å². The van der Waals surface area contributed by atoms with E-state index in [0.29, 0.717) is 18.0 Å². The lowest BCUT2D eigenvalue weighted by atomic mass is 10.2. The zero-order valence-corrected chi connectivity index (χ0v) is 13.7.